The van der Waals surface area contributed by atoms with Crippen molar-refractivity contribution in [3.8, 4) is 23.3 Å². The van der Waals surface area contributed by atoms with Gasteiger partial charge in [-0.3, -0.25) is 4.79 Å². The summed E-state index contributed by atoms with van der Waals surface area (Å²) in [5.74, 6) is 0.149. The SMILES string of the molecule is CCOc1cc(/C=C(\C#N)C(=O)Nc2ccc(OC)cc2)cc(I)c1OS(=O)(=O)c1ccc(Cl)cc1. The molecule has 0 bridgehead atoms. The van der Waals surface area contributed by atoms with E-state index < -0.39 is 16.0 Å². The molecule has 0 saturated carbocycles. The van der Waals surface area contributed by atoms with Crippen LogP contribution >= 0.6 is 34.2 Å². The molecule has 0 spiro atoms. The third-order valence-electron chi connectivity index (χ3n) is 4.65. The van der Waals surface area contributed by atoms with Crippen molar-refractivity contribution in [3.63, 3.8) is 0 Å². The second-order valence-corrected chi connectivity index (χ2v) is 10.3. The van der Waals surface area contributed by atoms with Gasteiger partial charge in [-0.05, 0) is 102 Å². The Morgan fingerprint density at radius 3 is 2.39 bits per heavy atom. The van der Waals surface area contributed by atoms with Gasteiger partial charge in [0.1, 0.15) is 22.3 Å². The Balaban J connectivity index is 1.91. The number of nitriles is 1. The van der Waals surface area contributed by atoms with Crippen LogP contribution in [0.1, 0.15) is 12.5 Å². The van der Waals surface area contributed by atoms with Crippen LogP contribution in [0.15, 0.2) is 71.1 Å². The van der Waals surface area contributed by atoms with Gasteiger partial charge in [-0.2, -0.15) is 13.7 Å². The van der Waals surface area contributed by atoms with Gasteiger partial charge in [0.15, 0.2) is 11.5 Å². The first-order valence-corrected chi connectivity index (χ1v) is 13.3. The molecule has 1 N–H and O–H groups in total. The fraction of sp³-hybridized carbons (Fsp3) is 0.120. The molecular formula is C25H20ClIN2O6S. The molecule has 0 aliphatic heterocycles. The summed E-state index contributed by atoms with van der Waals surface area (Å²) >= 11 is 7.75. The molecule has 0 radical (unpaired) electrons. The van der Waals surface area contributed by atoms with Gasteiger partial charge in [0.05, 0.1) is 17.3 Å². The maximum Gasteiger partial charge on any atom is 0.339 e. The Morgan fingerprint density at radius 2 is 1.81 bits per heavy atom. The average molecular weight is 639 g/mol. The smallest absolute Gasteiger partial charge is 0.339 e. The second kappa shape index (κ2) is 12.1. The Labute approximate surface area is 227 Å². The molecule has 0 saturated heterocycles. The highest BCUT2D eigenvalue weighted by Gasteiger charge is 2.22. The third-order valence-corrected chi connectivity index (χ3v) is 6.94. The fourth-order valence-corrected chi connectivity index (χ4v) is 4.93. The van der Waals surface area contributed by atoms with Crippen LogP contribution in [0, 0.1) is 14.9 Å². The van der Waals surface area contributed by atoms with Crippen LogP contribution in [-0.4, -0.2) is 28.0 Å². The molecular weight excluding hydrogens is 619 g/mol. The van der Waals surface area contributed by atoms with E-state index >= 15 is 0 Å². The van der Waals surface area contributed by atoms with Crippen molar-refractivity contribution in [3.05, 3.63) is 80.4 Å². The number of carbonyl (C=O) groups excluding carboxylic acids is 1. The van der Waals surface area contributed by atoms with E-state index in [1.807, 2.05) is 28.7 Å². The summed E-state index contributed by atoms with van der Waals surface area (Å²) in [5.41, 5.74) is 0.773. The van der Waals surface area contributed by atoms with Gasteiger partial charge in [-0.1, -0.05) is 11.6 Å². The zero-order chi connectivity index (χ0) is 26.3. The van der Waals surface area contributed by atoms with E-state index in [0.29, 0.717) is 25.6 Å². The first kappa shape index (κ1) is 27.3. The Kier molecular flexibility index (Phi) is 9.19. The lowest BCUT2D eigenvalue weighted by Gasteiger charge is -2.15. The van der Waals surface area contributed by atoms with Crippen molar-refractivity contribution in [1.82, 2.24) is 0 Å². The number of halogens is 2. The van der Waals surface area contributed by atoms with Gasteiger partial charge in [-0.15, -0.1) is 0 Å². The van der Waals surface area contributed by atoms with Crippen LogP contribution in [0.3, 0.4) is 0 Å². The highest BCUT2D eigenvalue weighted by molar-refractivity contribution is 14.1. The summed E-state index contributed by atoms with van der Waals surface area (Å²) in [6, 6.07) is 17.2. The third kappa shape index (κ3) is 6.90. The van der Waals surface area contributed by atoms with Gasteiger partial charge >= 0.3 is 10.1 Å². The predicted octanol–water partition coefficient (Wildman–Crippen LogP) is 5.67. The minimum Gasteiger partial charge on any atom is -0.497 e. The molecule has 3 rings (SSSR count). The highest BCUT2D eigenvalue weighted by Crippen LogP contribution is 2.37. The first-order chi connectivity index (χ1) is 17.2. The van der Waals surface area contributed by atoms with Crippen LogP contribution < -0.4 is 19.0 Å². The molecule has 0 atom stereocenters. The number of rotatable bonds is 9. The van der Waals surface area contributed by atoms with Crippen LogP contribution in [0.2, 0.25) is 5.02 Å². The van der Waals surface area contributed by atoms with Crippen molar-refractivity contribution in [2.75, 3.05) is 19.0 Å². The molecule has 1 amide bonds. The van der Waals surface area contributed by atoms with Crippen molar-refractivity contribution < 1.29 is 26.9 Å². The number of hydrogen-bond acceptors (Lipinski definition) is 7. The summed E-state index contributed by atoms with van der Waals surface area (Å²) in [4.78, 5) is 12.6. The van der Waals surface area contributed by atoms with Gasteiger partial charge < -0.3 is 19.0 Å². The summed E-state index contributed by atoms with van der Waals surface area (Å²) < 4.78 is 42.1. The van der Waals surface area contributed by atoms with Crippen LogP contribution in [0.4, 0.5) is 5.69 Å². The van der Waals surface area contributed by atoms with Gasteiger partial charge in [-0.25, -0.2) is 0 Å². The molecule has 186 valence electrons. The topological polar surface area (TPSA) is 115 Å². The van der Waals surface area contributed by atoms with E-state index in [9.17, 15) is 18.5 Å². The van der Waals surface area contributed by atoms with Crippen LogP contribution in [-0.2, 0) is 14.9 Å². The Hall–Kier alpha value is -3.27. The maximum atomic E-state index is 12.8. The number of ether oxygens (including phenoxy) is 2. The second-order valence-electron chi connectivity index (χ2n) is 7.11. The van der Waals surface area contributed by atoms with Crippen molar-refractivity contribution in [2.24, 2.45) is 0 Å². The Morgan fingerprint density at radius 1 is 1.14 bits per heavy atom. The average Bonchev–Trinajstić information content (AvgIpc) is 2.85. The fourth-order valence-electron chi connectivity index (χ4n) is 2.96. The number of carbonyl (C=O) groups is 1. The minimum absolute atomic E-state index is 0.00857. The molecule has 0 unspecified atom stereocenters. The molecule has 0 aliphatic rings. The van der Waals surface area contributed by atoms with E-state index in [0.717, 1.165) is 0 Å². The molecule has 0 aromatic heterocycles. The zero-order valence-electron chi connectivity index (χ0n) is 19.1. The van der Waals surface area contributed by atoms with E-state index in [2.05, 4.69) is 5.32 Å². The minimum atomic E-state index is -4.17. The molecule has 3 aromatic rings. The highest BCUT2D eigenvalue weighted by atomic mass is 127. The monoisotopic (exact) mass is 638 g/mol. The van der Waals surface area contributed by atoms with E-state index in [1.54, 1.807) is 37.3 Å². The number of methoxy groups -OCH3 is 1. The number of hydrogen-bond donors (Lipinski definition) is 1. The summed E-state index contributed by atoms with van der Waals surface area (Å²) in [5, 5.41) is 12.6. The Bertz CT molecular complexity index is 1430. The quantitative estimate of drug-likeness (QED) is 0.139. The largest absolute Gasteiger partial charge is 0.497 e. The van der Waals surface area contributed by atoms with Gasteiger partial charge in [0.25, 0.3) is 5.91 Å². The number of nitrogens with one attached hydrogen (secondary N) is 1. The summed E-state index contributed by atoms with van der Waals surface area (Å²) in [6.45, 7) is 1.96. The standard InChI is InChI=1S/C25H20ClIN2O6S/c1-3-34-23-14-16(12-17(15-28)25(30)29-19-6-8-20(33-2)9-7-19)13-22(27)24(23)35-36(31,32)21-10-4-18(26)5-11-21/h4-14H,3H2,1-2H3,(H,29,30)/b17-12+. The number of anilines is 1. The zero-order valence-corrected chi connectivity index (χ0v) is 22.8. The molecule has 11 heteroatoms. The lowest BCUT2D eigenvalue weighted by Crippen LogP contribution is -2.13. The molecule has 36 heavy (non-hydrogen) atoms. The molecule has 3 aromatic carbocycles. The summed E-state index contributed by atoms with van der Waals surface area (Å²) in [7, 11) is -2.64. The summed E-state index contributed by atoms with van der Waals surface area (Å²) in [6.07, 6.45) is 1.38. The first-order valence-electron chi connectivity index (χ1n) is 10.4. The van der Waals surface area contributed by atoms with Crippen molar-refractivity contribution in [2.45, 2.75) is 11.8 Å². The lowest BCUT2D eigenvalue weighted by atomic mass is 10.1. The number of amides is 1. The number of benzene rings is 3. The van der Waals surface area contributed by atoms with Gasteiger partial charge in [0, 0.05) is 10.7 Å². The van der Waals surface area contributed by atoms with Crippen LogP contribution in [0.5, 0.6) is 17.2 Å². The van der Waals surface area contributed by atoms with E-state index in [-0.39, 0.29) is 28.6 Å². The van der Waals surface area contributed by atoms with E-state index in [1.165, 1.54) is 43.5 Å². The van der Waals surface area contributed by atoms with Crippen LogP contribution in [0.25, 0.3) is 6.08 Å². The molecule has 8 nitrogen and oxygen atoms in total. The molecule has 0 fully saturated rings. The number of nitrogens with zero attached hydrogens (tertiary/aromatic N) is 1. The normalized spacial score (nSPS) is 11.4. The van der Waals surface area contributed by atoms with Crippen molar-refractivity contribution in [1.29, 1.82) is 5.26 Å². The lowest BCUT2D eigenvalue weighted by molar-refractivity contribution is -0.112. The molecule has 0 aliphatic carbocycles. The van der Waals surface area contributed by atoms with E-state index in [4.69, 9.17) is 25.3 Å². The maximum absolute atomic E-state index is 12.8. The van der Waals surface area contributed by atoms with Gasteiger partial charge in [0.2, 0.25) is 0 Å². The van der Waals surface area contributed by atoms with Crippen molar-refractivity contribution >= 4 is 62.0 Å². The molecule has 0 heterocycles. The predicted molar refractivity (Wildman–Crippen MR) is 145 cm³/mol.